The number of amides is 2. The van der Waals surface area contributed by atoms with E-state index in [-0.39, 0.29) is 10.7 Å². The second-order valence-corrected chi connectivity index (χ2v) is 9.28. The normalized spacial score (nSPS) is 14.6. The molecule has 1 aliphatic heterocycles. The van der Waals surface area contributed by atoms with Crippen LogP contribution in [-0.2, 0) is 16.1 Å². The number of aromatic nitrogens is 2. The molecule has 4 aromatic carbocycles. The first-order valence-corrected chi connectivity index (χ1v) is 12.7. The highest BCUT2D eigenvalue weighted by Crippen LogP contribution is 2.28. The quantitative estimate of drug-likeness (QED) is 0.173. The molecule has 0 atom stereocenters. The Labute approximate surface area is 230 Å². The van der Waals surface area contributed by atoms with Crippen LogP contribution >= 0.6 is 12.2 Å². The van der Waals surface area contributed by atoms with Crippen LogP contribution in [0.2, 0.25) is 0 Å². The summed E-state index contributed by atoms with van der Waals surface area (Å²) >= 11 is 5.38. The Hall–Kier alpha value is -5.08. The van der Waals surface area contributed by atoms with Crippen molar-refractivity contribution in [3.05, 3.63) is 126 Å². The molecule has 8 heteroatoms. The molecule has 1 saturated heterocycles. The molecular weight excluding hydrogens is 508 g/mol. The number of nitrogens with zero attached hydrogens (tertiary/aromatic N) is 3. The summed E-state index contributed by atoms with van der Waals surface area (Å²) in [6, 6.07) is 34.0. The van der Waals surface area contributed by atoms with Gasteiger partial charge in [0.25, 0.3) is 11.8 Å². The van der Waals surface area contributed by atoms with Crippen molar-refractivity contribution in [1.82, 2.24) is 14.9 Å². The van der Waals surface area contributed by atoms with E-state index in [9.17, 15) is 9.59 Å². The minimum atomic E-state index is -0.566. The number of thiocarbonyl (C=S) groups is 1. The monoisotopic (exact) mass is 530 g/mol. The Morgan fingerprint density at radius 1 is 0.795 bits per heavy atom. The summed E-state index contributed by atoms with van der Waals surface area (Å²) in [5, 5.41) is 2.66. The number of ether oxygens (including phenoxy) is 1. The zero-order chi connectivity index (χ0) is 26.8. The third-order valence-corrected chi connectivity index (χ3v) is 6.60. The van der Waals surface area contributed by atoms with Gasteiger partial charge in [0.1, 0.15) is 22.9 Å². The molecule has 2 amide bonds. The van der Waals surface area contributed by atoms with Gasteiger partial charge in [-0.2, -0.15) is 0 Å². The predicted molar refractivity (Wildman–Crippen MR) is 154 cm³/mol. The summed E-state index contributed by atoms with van der Waals surface area (Å²) in [6.45, 7) is 0.529. The second-order valence-electron chi connectivity index (χ2n) is 8.90. The molecule has 0 unspecified atom stereocenters. The molecule has 1 aromatic heterocycles. The Kier molecular flexibility index (Phi) is 6.44. The molecule has 0 aliphatic carbocycles. The minimum Gasteiger partial charge on any atom is -0.457 e. The average Bonchev–Trinajstić information content (AvgIpc) is 3.30. The van der Waals surface area contributed by atoms with Crippen molar-refractivity contribution in [2.45, 2.75) is 6.54 Å². The Morgan fingerprint density at radius 2 is 1.44 bits per heavy atom. The average molecular weight is 531 g/mol. The molecule has 2 heterocycles. The zero-order valence-corrected chi connectivity index (χ0v) is 21.5. The first kappa shape index (κ1) is 24.3. The molecular formula is C31H22N4O3S. The summed E-state index contributed by atoms with van der Waals surface area (Å²) < 4.78 is 7.85. The molecule has 39 heavy (non-hydrogen) atoms. The van der Waals surface area contributed by atoms with Gasteiger partial charge in [0.2, 0.25) is 0 Å². The first-order valence-electron chi connectivity index (χ1n) is 12.3. The van der Waals surface area contributed by atoms with Crippen LogP contribution in [0.1, 0.15) is 11.4 Å². The predicted octanol–water partition coefficient (Wildman–Crippen LogP) is 5.71. The van der Waals surface area contributed by atoms with Gasteiger partial charge in [-0.3, -0.25) is 19.8 Å². The SMILES string of the molecule is O=C1NC(=S)N(c2ccc(Oc3ccccc3)cc2)C(=O)/C1=C\c1nc2ccccc2n1Cc1ccccc1. The number of carbonyl (C=O) groups is 2. The standard InChI is InChI=1S/C31H22N4O3S/c36-29-25(19-28-32-26-13-7-8-14-27(26)34(28)20-21-9-3-1-4-10-21)30(37)35(31(39)33-29)22-15-17-24(18-16-22)38-23-11-5-2-6-12-23/h1-19H,20H2,(H,33,36,39)/b25-19-. The highest BCUT2D eigenvalue weighted by Gasteiger charge is 2.35. The van der Waals surface area contributed by atoms with E-state index in [1.54, 1.807) is 24.3 Å². The molecule has 1 N–H and O–H groups in total. The van der Waals surface area contributed by atoms with Crippen LogP contribution in [0.15, 0.2) is 115 Å². The largest absolute Gasteiger partial charge is 0.457 e. The maximum Gasteiger partial charge on any atom is 0.270 e. The van der Waals surface area contributed by atoms with E-state index in [1.807, 2.05) is 89.5 Å². The van der Waals surface area contributed by atoms with Crippen molar-refractivity contribution in [3.63, 3.8) is 0 Å². The number of para-hydroxylation sites is 3. The van der Waals surface area contributed by atoms with Gasteiger partial charge in [-0.05, 0) is 72.4 Å². The van der Waals surface area contributed by atoms with E-state index in [2.05, 4.69) is 5.32 Å². The Balaban J connectivity index is 1.34. The van der Waals surface area contributed by atoms with Crippen molar-refractivity contribution >= 4 is 51.9 Å². The van der Waals surface area contributed by atoms with Gasteiger partial charge in [-0.25, -0.2) is 4.98 Å². The second kappa shape index (κ2) is 10.4. The molecule has 190 valence electrons. The number of anilines is 1. The summed E-state index contributed by atoms with van der Waals surface area (Å²) in [4.78, 5) is 32.7. The van der Waals surface area contributed by atoms with Crippen LogP contribution in [-0.4, -0.2) is 26.5 Å². The number of carbonyl (C=O) groups excluding carboxylic acids is 2. The van der Waals surface area contributed by atoms with Gasteiger partial charge in [0, 0.05) is 6.54 Å². The van der Waals surface area contributed by atoms with Crippen molar-refractivity contribution in [2.75, 3.05) is 4.90 Å². The van der Waals surface area contributed by atoms with Crippen LogP contribution in [0.3, 0.4) is 0 Å². The van der Waals surface area contributed by atoms with E-state index >= 15 is 0 Å². The van der Waals surface area contributed by atoms with E-state index in [4.69, 9.17) is 21.9 Å². The summed E-state index contributed by atoms with van der Waals surface area (Å²) in [7, 11) is 0. The van der Waals surface area contributed by atoms with E-state index < -0.39 is 11.8 Å². The van der Waals surface area contributed by atoms with E-state index in [0.29, 0.717) is 29.6 Å². The molecule has 5 aromatic rings. The number of benzene rings is 4. The molecule has 1 aliphatic rings. The van der Waals surface area contributed by atoms with Crippen molar-refractivity contribution in [1.29, 1.82) is 0 Å². The number of rotatable bonds is 6. The number of fused-ring (bicyclic) bond motifs is 1. The Bertz CT molecular complexity index is 1730. The van der Waals surface area contributed by atoms with Crippen LogP contribution in [0.5, 0.6) is 11.5 Å². The molecule has 0 bridgehead atoms. The van der Waals surface area contributed by atoms with Crippen LogP contribution in [0.4, 0.5) is 5.69 Å². The third-order valence-electron chi connectivity index (χ3n) is 6.32. The lowest BCUT2D eigenvalue weighted by Crippen LogP contribution is -2.54. The van der Waals surface area contributed by atoms with Gasteiger partial charge in [-0.15, -0.1) is 0 Å². The minimum absolute atomic E-state index is 0.0108. The highest BCUT2D eigenvalue weighted by molar-refractivity contribution is 7.80. The van der Waals surface area contributed by atoms with Gasteiger partial charge in [-0.1, -0.05) is 60.7 Å². The number of nitrogens with one attached hydrogen (secondary N) is 1. The maximum absolute atomic E-state index is 13.7. The smallest absolute Gasteiger partial charge is 0.270 e. The van der Waals surface area contributed by atoms with E-state index in [0.717, 1.165) is 16.6 Å². The Morgan fingerprint density at radius 3 is 2.18 bits per heavy atom. The van der Waals surface area contributed by atoms with Crippen LogP contribution in [0.25, 0.3) is 17.1 Å². The lowest BCUT2D eigenvalue weighted by atomic mass is 10.1. The lowest BCUT2D eigenvalue weighted by Gasteiger charge is -2.29. The number of hydrogen-bond donors (Lipinski definition) is 1. The van der Waals surface area contributed by atoms with Crippen LogP contribution in [0, 0.1) is 0 Å². The van der Waals surface area contributed by atoms with Crippen molar-refractivity contribution in [2.24, 2.45) is 0 Å². The van der Waals surface area contributed by atoms with Gasteiger partial charge < -0.3 is 9.30 Å². The highest BCUT2D eigenvalue weighted by atomic mass is 32.1. The van der Waals surface area contributed by atoms with Gasteiger partial charge in [0.15, 0.2) is 5.11 Å². The van der Waals surface area contributed by atoms with Gasteiger partial charge in [0.05, 0.1) is 16.7 Å². The maximum atomic E-state index is 13.7. The molecule has 0 spiro atoms. The molecule has 0 saturated carbocycles. The molecule has 6 rings (SSSR count). The topological polar surface area (TPSA) is 76.5 Å². The third kappa shape index (κ3) is 4.93. The van der Waals surface area contributed by atoms with Gasteiger partial charge >= 0.3 is 0 Å². The summed E-state index contributed by atoms with van der Waals surface area (Å²) in [5.41, 5.74) is 3.19. The molecule has 7 nitrogen and oxygen atoms in total. The first-order chi connectivity index (χ1) is 19.1. The van der Waals surface area contributed by atoms with Crippen LogP contribution < -0.4 is 15.0 Å². The summed E-state index contributed by atoms with van der Waals surface area (Å²) in [6.07, 6.45) is 1.53. The number of imidazole rings is 1. The zero-order valence-electron chi connectivity index (χ0n) is 20.7. The number of hydrogen-bond acceptors (Lipinski definition) is 5. The lowest BCUT2D eigenvalue weighted by molar-refractivity contribution is -0.122. The fraction of sp³-hybridized carbons (Fsp3) is 0.0323. The molecule has 0 radical (unpaired) electrons. The van der Waals surface area contributed by atoms with E-state index in [1.165, 1.54) is 11.0 Å². The fourth-order valence-electron chi connectivity index (χ4n) is 4.45. The fourth-order valence-corrected chi connectivity index (χ4v) is 4.73. The molecule has 1 fully saturated rings. The van der Waals surface area contributed by atoms with Crippen molar-refractivity contribution < 1.29 is 14.3 Å². The summed E-state index contributed by atoms with van der Waals surface area (Å²) in [5.74, 6) is 0.709. The van der Waals surface area contributed by atoms with Crippen molar-refractivity contribution in [3.8, 4) is 11.5 Å².